The third kappa shape index (κ3) is 3.29. The third-order valence-electron chi connectivity index (χ3n) is 11.9. The van der Waals surface area contributed by atoms with Gasteiger partial charge in [0, 0.05) is 17.3 Å². The van der Waals surface area contributed by atoms with Crippen LogP contribution in [-0.4, -0.2) is 29.7 Å². The van der Waals surface area contributed by atoms with E-state index in [1.165, 1.54) is 6.42 Å². The predicted molar refractivity (Wildman–Crippen MR) is 145 cm³/mol. The molecule has 39 heavy (non-hydrogen) atoms. The first-order valence-electron chi connectivity index (χ1n) is 14.7. The van der Waals surface area contributed by atoms with Crippen LogP contribution in [0, 0.1) is 40.4 Å². The van der Waals surface area contributed by atoms with Crippen molar-refractivity contribution in [3.05, 3.63) is 83.6 Å². The normalized spacial score (nSPS) is 44.4. The van der Waals surface area contributed by atoms with E-state index < -0.39 is 0 Å². The van der Waals surface area contributed by atoms with E-state index in [1.54, 1.807) is 12.1 Å². The minimum absolute atomic E-state index is 0.0102. The summed E-state index contributed by atoms with van der Waals surface area (Å²) in [6.45, 7) is 4.84. The SMILES string of the molecule is C[C@]12CC[C@H]3[C@@H](C[C@H]4O[C@]45CC(OC(=O)c4ccccc4)=CC[C@]35C)[C@@H]1[C@@H]1C[C@@H]1[C@@H]2OC(=O)c1ccccc1. The van der Waals surface area contributed by atoms with Crippen molar-refractivity contribution in [2.75, 3.05) is 0 Å². The Morgan fingerprint density at radius 3 is 2.28 bits per heavy atom. The van der Waals surface area contributed by atoms with Crippen LogP contribution in [0.3, 0.4) is 0 Å². The largest absolute Gasteiger partial charge is 0.458 e. The average molecular weight is 525 g/mol. The molecule has 1 aliphatic heterocycles. The zero-order chi connectivity index (χ0) is 26.6. The Morgan fingerprint density at radius 1 is 0.872 bits per heavy atom. The van der Waals surface area contributed by atoms with Gasteiger partial charge in [0.05, 0.1) is 17.2 Å². The second-order valence-corrected chi connectivity index (χ2v) is 13.6. The number of carbonyl (C=O) groups excluding carboxylic acids is 2. The van der Waals surface area contributed by atoms with Crippen LogP contribution >= 0.6 is 0 Å². The number of hydrogen-bond acceptors (Lipinski definition) is 5. The number of allylic oxidation sites excluding steroid dienone is 1. The molecule has 5 aliphatic carbocycles. The van der Waals surface area contributed by atoms with E-state index in [2.05, 4.69) is 19.9 Å². The number of ether oxygens (including phenoxy) is 3. The first-order chi connectivity index (χ1) is 18.8. The van der Waals surface area contributed by atoms with Crippen LogP contribution < -0.4 is 0 Å². The molecular formula is C34H36O5. The van der Waals surface area contributed by atoms with Crippen molar-refractivity contribution in [1.29, 1.82) is 0 Å². The molecule has 202 valence electrons. The van der Waals surface area contributed by atoms with Gasteiger partial charge in [-0.15, -0.1) is 0 Å². The van der Waals surface area contributed by atoms with Gasteiger partial charge in [0.1, 0.15) is 17.5 Å². The van der Waals surface area contributed by atoms with Crippen LogP contribution in [0.25, 0.3) is 0 Å². The van der Waals surface area contributed by atoms with Gasteiger partial charge in [-0.05, 0) is 92.0 Å². The van der Waals surface area contributed by atoms with Crippen LogP contribution in [0.5, 0.6) is 0 Å². The Kier molecular flexibility index (Phi) is 4.95. The van der Waals surface area contributed by atoms with E-state index in [0.29, 0.717) is 47.1 Å². The van der Waals surface area contributed by atoms with Crippen molar-refractivity contribution in [1.82, 2.24) is 0 Å². The number of carbonyl (C=O) groups is 2. The summed E-state index contributed by atoms with van der Waals surface area (Å²) < 4.78 is 18.9. The number of fused-ring (bicyclic) bond motifs is 6. The summed E-state index contributed by atoms with van der Waals surface area (Å²) in [4.78, 5) is 25.8. The van der Waals surface area contributed by atoms with Gasteiger partial charge in [0.2, 0.25) is 0 Å². The maximum absolute atomic E-state index is 13.1. The van der Waals surface area contributed by atoms with Crippen LogP contribution in [0.4, 0.5) is 0 Å². The fourth-order valence-corrected chi connectivity index (χ4v) is 9.98. The number of epoxide rings is 1. The molecule has 0 aromatic heterocycles. The number of hydrogen-bond donors (Lipinski definition) is 0. The second-order valence-electron chi connectivity index (χ2n) is 13.6. The van der Waals surface area contributed by atoms with Crippen molar-refractivity contribution >= 4 is 11.9 Å². The quantitative estimate of drug-likeness (QED) is 0.333. The van der Waals surface area contributed by atoms with E-state index in [1.807, 2.05) is 48.5 Å². The lowest BCUT2D eigenvalue weighted by Gasteiger charge is -2.58. The lowest BCUT2D eigenvalue weighted by molar-refractivity contribution is -0.115. The Morgan fingerprint density at radius 2 is 1.56 bits per heavy atom. The molecule has 8 rings (SSSR count). The highest BCUT2D eigenvalue weighted by molar-refractivity contribution is 5.90. The van der Waals surface area contributed by atoms with Gasteiger partial charge in [0.15, 0.2) is 0 Å². The topological polar surface area (TPSA) is 65.1 Å². The zero-order valence-corrected chi connectivity index (χ0v) is 22.7. The molecule has 0 bridgehead atoms. The molecule has 0 N–H and O–H groups in total. The van der Waals surface area contributed by atoms with Gasteiger partial charge in [-0.2, -0.15) is 0 Å². The maximum atomic E-state index is 13.1. The van der Waals surface area contributed by atoms with Gasteiger partial charge in [0.25, 0.3) is 0 Å². The molecule has 2 aromatic rings. The molecule has 5 nitrogen and oxygen atoms in total. The van der Waals surface area contributed by atoms with Crippen molar-refractivity contribution in [2.24, 2.45) is 40.4 Å². The summed E-state index contributed by atoms with van der Waals surface area (Å²) in [7, 11) is 0. The molecular weight excluding hydrogens is 488 g/mol. The van der Waals surface area contributed by atoms with Crippen LogP contribution in [-0.2, 0) is 14.2 Å². The van der Waals surface area contributed by atoms with Crippen LogP contribution in [0.15, 0.2) is 72.5 Å². The Bertz CT molecular complexity index is 1370. The number of benzene rings is 2. The molecule has 1 spiro atoms. The Labute approximate surface area is 229 Å². The Hall–Kier alpha value is -2.92. The van der Waals surface area contributed by atoms with E-state index in [4.69, 9.17) is 14.2 Å². The van der Waals surface area contributed by atoms with E-state index in [0.717, 1.165) is 31.4 Å². The molecule has 0 unspecified atom stereocenters. The van der Waals surface area contributed by atoms with E-state index >= 15 is 0 Å². The van der Waals surface area contributed by atoms with Crippen LogP contribution in [0.2, 0.25) is 0 Å². The zero-order valence-electron chi connectivity index (χ0n) is 22.7. The lowest BCUT2D eigenvalue weighted by Crippen LogP contribution is -2.58. The van der Waals surface area contributed by atoms with Gasteiger partial charge in [-0.25, -0.2) is 9.59 Å². The summed E-state index contributed by atoms with van der Waals surface area (Å²) in [6.07, 6.45) is 8.44. The monoisotopic (exact) mass is 524 g/mol. The fourth-order valence-electron chi connectivity index (χ4n) is 9.98. The summed E-state index contributed by atoms with van der Waals surface area (Å²) >= 11 is 0. The fraction of sp³-hybridized carbons (Fsp3) is 0.529. The van der Waals surface area contributed by atoms with Gasteiger partial charge in [-0.1, -0.05) is 50.2 Å². The van der Waals surface area contributed by atoms with Crippen molar-refractivity contribution in [2.45, 2.75) is 70.2 Å². The van der Waals surface area contributed by atoms with Crippen molar-refractivity contribution in [3.8, 4) is 0 Å². The number of esters is 2. The van der Waals surface area contributed by atoms with Crippen LogP contribution in [0.1, 0.15) is 73.1 Å². The first-order valence-corrected chi connectivity index (χ1v) is 14.7. The summed E-state index contributed by atoms with van der Waals surface area (Å²) in [6, 6.07) is 18.7. The molecule has 1 heterocycles. The smallest absolute Gasteiger partial charge is 0.343 e. The average Bonchev–Trinajstić information content (AvgIpc) is 3.86. The molecule has 5 fully saturated rings. The lowest BCUT2D eigenvalue weighted by atomic mass is 9.45. The standard InChI is InChI=1S/C34H36O5/c1-32-15-14-26-25(28(32)23-17-24(23)29(32)38-31(36)21-11-7-4-8-12-21)18-27-34(39-27)19-22(13-16-33(26,34)2)37-30(35)20-9-5-3-6-10-20/h3-13,23-29H,14-19H2,1-2H3/t23-,24+,25-,26+,27-,28+,29+,32+,33-,34-/m1/s1. The molecule has 10 atom stereocenters. The van der Waals surface area contributed by atoms with Gasteiger partial charge < -0.3 is 14.2 Å². The third-order valence-corrected chi connectivity index (χ3v) is 11.9. The predicted octanol–water partition coefficient (Wildman–Crippen LogP) is 6.59. The summed E-state index contributed by atoms with van der Waals surface area (Å²) in [5.74, 6) is 3.20. The van der Waals surface area contributed by atoms with E-state index in [-0.39, 0.29) is 40.6 Å². The molecule has 2 aromatic carbocycles. The van der Waals surface area contributed by atoms with Crippen molar-refractivity contribution < 1.29 is 23.8 Å². The maximum Gasteiger partial charge on any atom is 0.343 e. The highest BCUT2D eigenvalue weighted by Gasteiger charge is 2.79. The summed E-state index contributed by atoms with van der Waals surface area (Å²) in [5, 5.41) is 0. The summed E-state index contributed by atoms with van der Waals surface area (Å²) in [5.41, 5.74) is 1.08. The molecule has 1 saturated heterocycles. The minimum atomic E-state index is -0.289. The molecule has 4 saturated carbocycles. The highest BCUT2D eigenvalue weighted by atomic mass is 16.6. The van der Waals surface area contributed by atoms with Gasteiger partial charge >= 0.3 is 11.9 Å². The molecule has 5 heteroatoms. The number of rotatable bonds is 4. The molecule has 0 radical (unpaired) electrons. The molecule has 0 amide bonds. The highest BCUT2D eigenvalue weighted by Crippen LogP contribution is 2.77. The second kappa shape index (κ2) is 8.06. The minimum Gasteiger partial charge on any atom is -0.458 e. The molecule has 6 aliphatic rings. The Balaban J connectivity index is 1.03. The first kappa shape index (κ1) is 23.9. The van der Waals surface area contributed by atoms with Crippen molar-refractivity contribution in [3.63, 3.8) is 0 Å². The van der Waals surface area contributed by atoms with Gasteiger partial charge in [-0.3, -0.25) is 0 Å². The van der Waals surface area contributed by atoms with E-state index in [9.17, 15) is 9.59 Å².